The van der Waals surface area contributed by atoms with Gasteiger partial charge in [0.25, 0.3) is 0 Å². The third-order valence-corrected chi connectivity index (χ3v) is 3.11. The number of likely N-dealkylation sites (tertiary alicyclic amines) is 1. The van der Waals surface area contributed by atoms with Crippen LogP contribution in [0.2, 0.25) is 0 Å². The van der Waals surface area contributed by atoms with Crippen LogP contribution in [0.25, 0.3) is 0 Å². The maximum absolute atomic E-state index is 11.5. The van der Waals surface area contributed by atoms with Gasteiger partial charge in [-0.15, -0.1) is 0 Å². The first-order valence-electron chi connectivity index (χ1n) is 7.15. The lowest BCUT2D eigenvalue weighted by atomic mass is 9.98. The van der Waals surface area contributed by atoms with Gasteiger partial charge in [-0.25, -0.2) is 4.79 Å². The highest BCUT2D eigenvalue weighted by atomic mass is 16.5. The fourth-order valence-electron chi connectivity index (χ4n) is 2.04. The Bertz CT molecular complexity index is 268. The molecule has 1 heterocycles. The summed E-state index contributed by atoms with van der Waals surface area (Å²) >= 11 is 0. The van der Waals surface area contributed by atoms with Gasteiger partial charge in [0.1, 0.15) is 0 Å². The summed E-state index contributed by atoms with van der Waals surface area (Å²) in [6.07, 6.45) is 1.82. The van der Waals surface area contributed by atoms with E-state index in [2.05, 4.69) is 10.2 Å². The number of alkyl carbamates (subject to hydrolysis) is 1. The number of hydrogen-bond acceptors (Lipinski definition) is 4. The lowest BCUT2D eigenvalue weighted by molar-refractivity contribution is 0.00866. The van der Waals surface area contributed by atoms with Gasteiger partial charge in [-0.3, -0.25) is 4.90 Å². The Hall–Kier alpha value is -0.810. The Morgan fingerprint density at radius 2 is 1.95 bits per heavy atom. The third kappa shape index (κ3) is 7.38. The molecule has 1 fully saturated rings. The summed E-state index contributed by atoms with van der Waals surface area (Å²) in [5, 5.41) is 2.80. The molecule has 0 aliphatic carbocycles. The maximum Gasteiger partial charge on any atom is 0.407 e. The van der Waals surface area contributed by atoms with E-state index >= 15 is 0 Å². The van der Waals surface area contributed by atoms with E-state index in [0.29, 0.717) is 19.3 Å². The molecular weight excluding hydrogens is 244 g/mol. The number of amides is 1. The van der Waals surface area contributed by atoms with E-state index in [1.165, 1.54) is 0 Å². The van der Waals surface area contributed by atoms with Crippen LogP contribution in [-0.2, 0) is 9.47 Å². The summed E-state index contributed by atoms with van der Waals surface area (Å²) in [7, 11) is 0. The second-order valence-electron chi connectivity index (χ2n) is 6.16. The molecule has 0 saturated carbocycles. The van der Waals surface area contributed by atoms with E-state index in [0.717, 1.165) is 32.5 Å². The molecule has 0 spiro atoms. The van der Waals surface area contributed by atoms with Crippen LogP contribution < -0.4 is 5.32 Å². The van der Waals surface area contributed by atoms with E-state index in [4.69, 9.17) is 9.47 Å². The average molecular weight is 272 g/mol. The minimum absolute atomic E-state index is 0.238. The molecule has 1 aliphatic rings. The lowest BCUT2D eigenvalue weighted by Gasteiger charge is -2.31. The van der Waals surface area contributed by atoms with Gasteiger partial charge in [0, 0.05) is 25.2 Å². The highest BCUT2D eigenvalue weighted by molar-refractivity contribution is 5.68. The zero-order valence-corrected chi connectivity index (χ0v) is 12.7. The molecule has 0 aromatic rings. The Labute approximate surface area is 116 Å². The van der Waals surface area contributed by atoms with Gasteiger partial charge < -0.3 is 14.8 Å². The van der Waals surface area contributed by atoms with Gasteiger partial charge >= 0.3 is 6.09 Å². The first-order chi connectivity index (χ1) is 8.90. The van der Waals surface area contributed by atoms with Gasteiger partial charge in [-0.2, -0.15) is 0 Å². The highest BCUT2D eigenvalue weighted by Crippen LogP contribution is 2.17. The molecule has 0 radical (unpaired) electrons. The molecule has 1 aliphatic heterocycles. The number of nitrogens with zero attached hydrogens (tertiary/aromatic N) is 1. The van der Waals surface area contributed by atoms with Crippen molar-refractivity contribution in [2.45, 2.75) is 46.1 Å². The smallest absolute Gasteiger partial charge is 0.407 e. The second-order valence-corrected chi connectivity index (χ2v) is 6.16. The second kappa shape index (κ2) is 7.70. The fourth-order valence-corrected chi connectivity index (χ4v) is 2.04. The summed E-state index contributed by atoms with van der Waals surface area (Å²) in [5.41, 5.74) is -0.238. The number of piperidine rings is 1. The standard InChI is InChI=1S/C14H28N2O3/c1-5-18-11-16-8-6-12(7-9-16)10-19-13(17)15-14(2,3)4/h12H,5-11H2,1-4H3,(H,15,17). The molecule has 5 heteroatoms. The minimum atomic E-state index is -0.316. The molecule has 19 heavy (non-hydrogen) atoms. The Morgan fingerprint density at radius 1 is 1.32 bits per heavy atom. The molecule has 1 saturated heterocycles. The van der Waals surface area contributed by atoms with Crippen molar-refractivity contribution in [3.8, 4) is 0 Å². The highest BCUT2D eigenvalue weighted by Gasteiger charge is 2.21. The number of carbonyl (C=O) groups is 1. The van der Waals surface area contributed by atoms with Crippen LogP contribution in [0.5, 0.6) is 0 Å². The van der Waals surface area contributed by atoms with Crippen molar-refractivity contribution in [2.24, 2.45) is 5.92 Å². The monoisotopic (exact) mass is 272 g/mol. The minimum Gasteiger partial charge on any atom is -0.449 e. The van der Waals surface area contributed by atoms with Crippen molar-refractivity contribution in [3.63, 3.8) is 0 Å². The van der Waals surface area contributed by atoms with Crippen molar-refractivity contribution in [3.05, 3.63) is 0 Å². The van der Waals surface area contributed by atoms with Gasteiger partial charge in [-0.1, -0.05) is 0 Å². The van der Waals surface area contributed by atoms with E-state index in [1.807, 2.05) is 27.7 Å². The topological polar surface area (TPSA) is 50.8 Å². The van der Waals surface area contributed by atoms with Gasteiger partial charge in [0.15, 0.2) is 0 Å². The zero-order valence-electron chi connectivity index (χ0n) is 12.7. The van der Waals surface area contributed by atoms with Crippen molar-refractivity contribution in [1.82, 2.24) is 10.2 Å². The van der Waals surface area contributed by atoms with Crippen molar-refractivity contribution < 1.29 is 14.3 Å². The summed E-state index contributed by atoms with van der Waals surface area (Å²) in [6, 6.07) is 0. The van der Waals surface area contributed by atoms with Crippen molar-refractivity contribution in [1.29, 1.82) is 0 Å². The van der Waals surface area contributed by atoms with E-state index in [9.17, 15) is 4.79 Å². The number of ether oxygens (including phenoxy) is 2. The molecule has 0 bridgehead atoms. The van der Waals surface area contributed by atoms with Gasteiger partial charge in [0.2, 0.25) is 0 Å². The Kier molecular flexibility index (Phi) is 6.58. The molecule has 1 rings (SSSR count). The van der Waals surface area contributed by atoms with Crippen LogP contribution in [0.15, 0.2) is 0 Å². The summed E-state index contributed by atoms with van der Waals surface area (Å²) in [6.45, 7) is 11.9. The first-order valence-corrected chi connectivity index (χ1v) is 7.15. The number of nitrogens with one attached hydrogen (secondary N) is 1. The molecule has 112 valence electrons. The molecular formula is C14H28N2O3. The number of hydrogen-bond donors (Lipinski definition) is 1. The van der Waals surface area contributed by atoms with Crippen molar-refractivity contribution >= 4 is 6.09 Å². The predicted octanol–water partition coefficient (Wildman–Crippen LogP) is 2.22. The van der Waals surface area contributed by atoms with Crippen LogP contribution in [0.1, 0.15) is 40.5 Å². The predicted molar refractivity (Wildman–Crippen MR) is 75.0 cm³/mol. The number of carbonyl (C=O) groups excluding carboxylic acids is 1. The molecule has 0 aromatic heterocycles. The molecule has 5 nitrogen and oxygen atoms in total. The van der Waals surface area contributed by atoms with Gasteiger partial charge in [0.05, 0.1) is 13.3 Å². The van der Waals surface area contributed by atoms with Crippen molar-refractivity contribution in [2.75, 3.05) is 33.0 Å². The third-order valence-electron chi connectivity index (χ3n) is 3.11. The molecule has 0 unspecified atom stereocenters. The Morgan fingerprint density at radius 3 is 2.47 bits per heavy atom. The van der Waals surface area contributed by atoms with Crippen LogP contribution >= 0.6 is 0 Å². The fraction of sp³-hybridized carbons (Fsp3) is 0.929. The zero-order chi connectivity index (χ0) is 14.3. The molecule has 1 amide bonds. The average Bonchev–Trinajstić information content (AvgIpc) is 2.33. The summed E-state index contributed by atoms with van der Waals surface area (Å²) in [5.74, 6) is 0.476. The van der Waals surface area contributed by atoms with Gasteiger partial charge in [-0.05, 0) is 46.5 Å². The normalized spacial score (nSPS) is 18.3. The lowest BCUT2D eigenvalue weighted by Crippen LogP contribution is -2.42. The SMILES string of the molecule is CCOCN1CCC(COC(=O)NC(C)(C)C)CC1. The van der Waals surface area contributed by atoms with E-state index in [1.54, 1.807) is 0 Å². The number of rotatable bonds is 5. The maximum atomic E-state index is 11.5. The molecule has 0 aromatic carbocycles. The van der Waals surface area contributed by atoms with Crippen LogP contribution in [0.3, 0.4) is 0 Å². The van der Waals surface area contributed by atoms with Crippen LogP contribution in [0, 0.1) is 5.92 Å². The quantitative estimate of drug-likeness (QED) is 0.833. The van der Waals surface area contributed by atoms with E-state index in [-0.39, 0.29) is 11.6 Å². The molecule has 1 N–H and O–H groups in total. The Balaban J connectivity index is 2.14. The first kappa shape index (κ1) is 16.2. The molecule has 0 atom stereocenters. The van der Waals surface area contributed by atoms with E-state index < -0.39 is 0 Å². The van der Waals surface area contributed by atoms with Crippen LogP contribution in [0.4, 0.5) is 4.79 Å². The summed E-state index contributed by atoms with van der Waals surface area (Å²) < 4.78 is 10.7. The largest absolute Gasteiger partial charge is 0.449 e. The summed E-state index contributed by atoms with van der Waals surface area (Å²) in [4.78, 5) is 13.8. The van der Waals surface area contributed by atoms with Crippen LogP contribution in [-0.4, -0.2) is 49.6 Å².